The number of carbonyl (C=O) groups is 1. The maximum Gasteiger partial charge on any atom is 0.348 e. The molecular formula is C29H35FN2O2. The highest BCUT2D eigenvalue weighted by molar-refractivity contribution is 5.81. The van der Waals surface area contributed by atoms with Gasteiger partial charge in [-0.2, -0.15) is 0 Å². The Morgan fingerprint density at radius 2 is 1.41 bits per heavy atom. The van der Waals surface area contributed by atoms with E-state index in [0.717, 1.165) is 36.0 Å². The topological polar surface area (TPSA) is 52.1 Å². The molecule has 0 aliphatic heterocycles. The number of rotatable bonds is 12. The number of nitrogens with zero attached hydrogens (tertiary/aromatic N) is 2. The average molecular weight is 463 g/mol. The van der Waals surface area contributed by atoms with E-state index >= 15 is 0 Å². The van der Waals surface area contributed by atoms with Gasteiger partial charge < -0.3 is 4.74 Å². The molecule has 2 aromatic carbocycles. The van der Waals surface area contributed by atoms with Crippen LogP contribution in [0.15, 0.2) is 60.9 Å². The van der Waals surface area contributed by atoms with Gasteiger partial charge in [0.2, 0.25) is 5.67 Å². The summed E-state index contributed by atoms with van der Waals surface area (Å²) in [4.78, 5) is 21.3. The zero-order chi connectivity index (χ0) is 24.4. The van der Waals surface area contributed by atoms with Crippen LogP contribution in [0.2, 0.25) is 0 Å². The molecule has 180 valence electrons. The second kappa shape index (κ2) is 12.4. The summed E-state index contributed by atoms with van der Waals surface area (Å²) in [7, 11) is 0. The Bertz CT molecular complexity index is 1030. The van der Waals surface area contributed by atoms with E-state index < -0.39 is 11.6 Å². The number of esters is 1. The van der Waals surface area contributed by atoms with Crippen molar-refractivity contribution in [2.24, 2.45) is 0 Å². The Hall–Kier alpha value is -3.08. The van der Waals surface area contributed by atoms with Crippen molar-refractivity contribution in [1.82, 2.24) is 9.97 Å². The molecule has 3 rings (SSSR count). The first-order chi connectivity index (χ1) is 16.4. The number of carbonyl (C=O) groups excluding carboxylic acids is 1. The minimum Gasteiger partial charge on any atom is -0.424 e. The molecule has 0 aliphatic carbocycles. The third-order valence-corrected chi connectivity index (χ3v) is 6.01. The Morgan fingerprint density at radius 3 is 2.03 bits per heavy atom. The molecule has 0 fully saturated rings. The molecule has 0 aliphatic rings. The van der Waals surface area contributed by atoms with Gasteiger partial charge in [-0.3, -0.25) is 0 Å². The zero-order valence-corrected chi connectivity index (χ0v) is 20.5. The van der Waals surface area contributed by atoms with Crippen molar-refractivity contribution >= 4 is 5.97 Å². The molecule has 0 N–H and O–H groups in total. The number of aryl methyl sites for hydroxylation is 1. The summed E-state index contributed by atoms with van der Waals surface area (Å²) < 4.78 is 19.9. The molecule has 3 aromatic rings. The third kappa shape index (κ3) is 7.21. The van der Waals surface area contributed by atoms with Crippen molar-refractivity contribution in [3.8, 4) is 28.3 Å². The Kier molecular flexibility index (Phi) is 9.32. The second-order valence-corrected chi connectivity index (χ2v) is 9.02. The second-order valence-electron chi connectivity index (χ2n) is 9.02. The van der Waals surface area contributed by atoms with Crippen LogP contribution in [0.1, 0.15) is 71.3 Å². The van der Waals surface area contributed by atoms with E-state index in [1.54, 1.807) is 24.5 Å². The van der Waals surface area contributed by atoms with Crippen LogP contribution in [-0.4, -0.2) is 21.6 Å². The third-order valence-electron chi connectivity index (χ3n) is 6.01. The summed E-state index contributed by atoms with van der Waals surface area (Å²) in [5.74, 6) is 0.157. The lowest BCUT2D eigenvalue weighted by Gasteiger charge is -2.18. The highest BCUT2D eigenvalue weighted by atomic mass is 19.1. The zero-order valence-electron chi connectivity index (χ0n) is 20.5. The summed E-state index contributed by atoms with van der Waals surface area (Å²) >= 11 is 0. The van der Waals surface area contributed by atoms with Crippen LogP contribution in [-0.2, 0) is 11.2 Å². The highest BCUT2D eigenvalue weighted by Gasteiger charge is 2.34. The quantitative estimate of drug-likeness (QED) is 0.157. The molecule has 0 saturated heterocycles. The highest BCUT2D eigenvalue weighted by Crippen LogP contribution is 2.26. The van der Waals surface area contributed by atoms with Gasteiger partial charge in [-0.05, 0) is 55.9 Å². The van der Waals surface area contributed by atoms with Gasteiger partial charge in [0, 0.05) is 23.5 Å². The first-order valence-corrected chi connectivity index (χ1v) is 12.4. The lowest BCUT2D eigenvalue weighted by molar-refractivity contribution is -0.147. The van der Waals surface area contributed by atoms with Gasteiger partial charge in [-0.15, -0.1) is 0 Å². The van der Waals surface area contributed by atoms with Crippen LogP contribution in [0.5, 0.6) is 5.75 Å². The van der Waals surface area contributed by atoms with Gasteiger partial charge in [0.05, 0.1) is 0 Å². The van der Waals surface area contributed by atoms with Gasteiger partial charge in [-0.1, -0.05) is 75.9 Å². The number of unbranched alkanes of at least 4 members (excludes halogenated alkanes) is 4. The Balaban J connectivity index is 1.60. The molecule has 5 heteroatoms. The lowest BCUT2D eigenvalue weighted by Crippen LogP contribution is -2.34. The summed E-state index contributed by atoms with van der Waals surface area (Å²) in [5, 5.41) is 0. The molecule has 0 spiro atoms. The van der Waals surface area contributed by atoms with Crippen LogP contribution >= 0.6 is 0 Å². The Morgan fingerprint density at radius 1 is 0.824 bits per heavy atom. The average Bonchev–Trinajstić information content (AvgIpc) is 2.85. The van der Waals surface area contributed by atoms with Crippen molar-refractivity contribution < 1.29 is 13.9 Å². The largest absolute Gasteiger partial charge is 0.424 e. The fourth-order valence-electron chi connectivity index (χ4n) is 3.76. The molecular weight excluding hydrogens is 427 g/mol. The summed E-state index contributed by atoms with van der Waals surface area (Å²) in [6, 6.07) is 15.4. The van der Waals surface area contributed by atoms with Crippen molar-refractivity contribution in [2.75, 3.05) is 0 Å². The molecule has 0 radical (unpaired) electrons. The maximum atomic E-state index is 14.6. The maximum absolute atomic E-state index is 14.6. The van der Waals surface area contributed by atoms with E-state index in [-0.39, 0.29) is 6.42 Å². The molecule has 1 unspecified atom stereocenters. The number of hydrogen-bond acceptors (Lipinski definition) is 4. The number of benzene rings is 2. The molecule has 0 amide bonds. The Labute approximate surface area is 202 Å². The summed E-state index contributed by atoms with van der Waals surface area (Å²) in [6.07, 6.45) is 11.1. The molecule has 34 heavy (non-hydrogen) atoms. The van der Waals surface area contributed by atoms with E-state index in [1.165, 1.54) is 31.7 Å². The van der Waals surface area contributed by atoms with Crippen molar-refractivity contribution in [2.45, 2.75) is 77.8 Å². The molecule has 1 aromatic heterocycles. The fraction of sp³-hybridized carbons (Fsp3) is 0.414. The molecule has 0 bridgehead atoms. The standard InChI is InChI=1S/C29H35FN2O2/c1-4-6-8-10-22-11-13-24(14-12-22)27-31-20-25(21-32-27)23-15-17-26(18-16-23)34-28(33)29(3,30)19-9-7-5-2/h11-18,20-21H,4-10,19H2,1-3H3. The van der Waals surface area contributed by atoms with Crippen molar-refractivity contribution in [1.29, 1.82) is 0 Å². The van der Waals surface area contributed by atoms with E-state index in [2.05, 4.69) is 41.2 Å². The van der Waals surface area contributed by atoms with Gasteiger partial charge in [0.1, 0.15) is 5.75 Å². The van der Waals surface area contributed by atoms with Gasteiger partial charge >= 0.3 is 5.97 Å². The molecule has 1 heterocycles. The normalized spacial score (nSPS) is 12.8. The monoisotopic (exact) mass is 462 g/mol. The molecule has 1 atom stereocenters. The first-order valence-electron chi connectivity index (χ1n) is 12.4. The molecule has 4 nitrogen and oxygen atoms in total. The van der Waals surface area contributed by atoms with Crippen LogP contribution in [0.25, 0.3) is 22.5 Å². The van der Waals surface area contributed by atoms with E-state index in [9.17, 15) is 9.18 Å². The van der Waals surface area contributed by atoms with E-state index in [4.69, 9.17) is 4.74 Å². The van der Waals surface area contributed by atoms with Crippen LogP contribution in [0.4, 0.5) is 4.39 Å². The summed E-state index contributed by atoms with van der Waals surface area (Å²) in [5.41, 5.74) is 2.09. The number of halogens is 1. The van der Waals surface area contributed by atoms with Gasteiger partial charge in [0.25, 0.3) is 0 Å². The predicted octanol–water partition coefficient (Wildman–Crippen LogP) is 7.76. The summed E-state index contributed by atoms with van der Waals surface area (Å²) in [6.45, 7) is 5.55. The lowest BCUT2D eigenvalue weighted by atomic mass is 10.0. The number of alkyl halides is 1. The number of hydrogen-bond donors (Lipinski definition) is 0. The van der Waals surface area contributed by atoms with Gasteiger partial charge in [-0.25, -0.2) is 19.2 Å². The van der Waals surface area contributed by atoms with Crippen LogP contribution < -0.4 is 4.74 Å². The predicted molar refractivity (Wildman–Crippen MR) is 135 cm³/mol. The van der Waals surface area contributed by atoms with Crippen LogP contribution in [0.3, 0.4) is 0 Å². The van der Waals surface area contributed by atoms with Gasteiger partial charge in [0.15, 0.2) is 5.82 Å². The van der Waals surface area contributed by atoms with Crippen molar-refractivity contribution in [3.05, 3.63) is 66.5 Å². The van der Waals surface area contributed by atoms with Crippen LogP contribution in [0, 0.1) is 0 Å². The van der Waals surface area contributed by atoms with Crippen molar-refractivity contribution in [3.63, 3.8) is 0 Å². The number of ether oxygens (including phenoxy) is 1. The minimum absolute atomic E-state index is 0.170. The SMILES string of the molecule is CCCCCc1ccc(-c2ncc(-c3ccc(OC(=O)C(C)(F)CCCCC)cc3)cn2)cc1. The van der Waals surface area contributed by atoms with E-state index in [1.807, 2.05) is 19.1 Å². The molecule has 0 saturated carbocycles. The van der Waals surface area contributed by atoms with E-state index in [0.29, 0.717) is 18.0 Å². The number of aromatic nitrogens is 2. The smallest absolute Gasteiger partial charge is 0.348 e. The first kappa shape index (κ1) is 25.5. The fourth-order valence-corrected chi connectivity index (χ4v) is 3.76. The minimum atomic E-state index is -1.98.